The Labute approximate surface area is 177 Å². The van der Waals surface area contributed by atoms with E-state index in [2.05, 4.69) is 10.6 Å². The predicted octanol–water partition coefficient (Wildman–Crippen LogP) is 2.54. The fourth-order valence-electron chi connectivity index (χ4n) is 2.95. The van der Waals surface area contributed by atoms with Gasteiger partial charge >= 0.3 is 6.09 Å². The Balaban J connectivity index is 2.08. The van der Waals surface area contributed by atoms with Gasteiger partial charge in [0.2, 0.25) is 11.8 Å². The first-order valence-electron chi connectivity index (χ1n) is 10.0. The number of nitrogens with one attached hydrogen (secondary N) is 2. The molecule has 0 aliphatic heterocycles. The molecule has 2 aromatic rings. The maximum Gasteiger partial charge on any atom is 0.408 e. The molecule has 0 fully saturated rings. The van der Waals surface area contributed by atoms with Gasteiger partial charge in [-0.2, -0.15) is 0 Å². The molecule has 160 valence electrons. The van der Waals surface area contributed by atoms with Crippen LogP contribution in [0.1, 0.15) is 31.4 Å². The molecule has 0 aliphatic carbocycles. The zero-order chi connectivity index (χ0) is 21.9. The van der Waals surface area contributed by atoms with Gasteiger partial charge in [-0.15, -0.1) is 0 Å². The highest BCUT2D eigenvalue weighted by molar-refractivity contribution is 5.91. The van der Waals surface area contributed by atoms with Crippen molar-refractivity contribution < 1.29 is 19.1 Å². The van der Waals surface area contributed by atoms with Gasteiger partial charge in [-0.1, -0.05) is 80.9 Å². The Kier molecular flexibility index (Phi) is 8.87. The summed E-state index contributed by atoms with van der Waals surface area (Å²) in [5, 5.41) is 5.29. The lowest BCUT2D eigenvalue weighted by molar-refractivity contribution is -0.129. The van der Waals surface area contributed by atoms with E-state index < -0.39 is 30.0 Å². The second-order valence-corrected chi connectivity index (χ2v) is 7.22. The van der Waals surface area contributed by atoms with Crippen LogP contribution in [-0.2, 0) is 27.4 Å². The first-order chi connectivity index (χ1) is 14.4. The van der Waals surface area contributed by atoms with Gasteiger partial charge < -0.3 is 21.1 Å². The van der Waals surface area contributed by atoms with Crippen molar-refractivity contribution in [3.63, 3.8) is 0 Å². The second kappa shape index (κ2) is 11.6. The number of hydrogen-bond acceptors (Lipinski definition) is 4. The molecule has 3 atom stereocenters. The number of carbonyl (C=O) groups excluding carboxylic acids is 3. The van der Waals surface area contributed by atoms with Gasteiger partial charge in [0.05, 0.1) is 0 Å². The molecule has 30 heavy (non-hydrogen) atoms. The summed E-state index contributed by atoms with van der Waals surface area (Å²) in [6.45, 7) is 3.83. The normalized spacial score (nSPS) is 13.5. The monoisotopic (exact) mass is 411 g/mol. The fourth-order valence-corrected chi connectivity index (χ4v) is 2.95. The van der Waals surface area contributed by atoms with Crippen molar-refractivity contribution in [2.75, 3.05) is 0 Å². The molecule has 0 radical (unpaired) electrons. The summed E-state index contributed by atoms with van der Waals surface area (Å²) < 4.78 is 5.25. The van der Waals surface area contributed by atoms with E-state index in [4.69, 9.17) is 10.5 Å². The summed E-state index contributed by atoms with van der Waals surface area (Å²) in [4.78, 5) is 37.0. The second-order valence-electron chi connectivity index (χ2n) is 7.22. The number of primary amides is 1. The summed E-state index contributed by atoms with van der Waals surface area (Å²) in [6, 6.07) is 16.8. The van der Waals surface area contributed by atoms with Gasteiger partial charge in [-0.25, -0.2) is 4.79 Å². The molecule has 7 nitrogen and oxygen atoms in total. The topological polar surface area (TPSA) is 111 Å². The highest BCUT2D eigenvalue weighted by atomic mass is 16.5. The Morgan fingerprint density at radius 1 is 0.933 bits per heavy atom. The first kappa shape index (κ1) is 22.9. The van der Waals surface area contributed by atoms with E-state index in [1.54, 1.807) is 0 Å². The van der Waals surface area contributed by atoms with Crippen molar-refractivity contribution in [1.82, 2.24) is 10.6 Å². The van der Waals surface area contributed by atoms with E-state index in [0.717, 1.165) is 11.1 Å². The van der Waals surface area contributed by atoms with Crippen LogP contribution >= 0.6 is 0 Å². The third-order valence-electron chi connectivity index (χ3n) is 4.92. The molecule has 2 aromatic carbocycles. The van der Waals surface area contributed by atoms with Gasteiger partial charge in [0, 0.05) is 6.42 Å². The maximum atomic E-state index is 12.9. The minimum absolute atomic E-state index is 0.0864. The van der Waals surface area contributed by atoms with Gasteiger partial charge in [0.15, 0.2) is 0 Å². The van der Waals surface area contributed by atoms with E-state index >= 15 is 0 Å². The molecule has 3 unspecified atom stereocenters. The number of carbonyl (C=O) groups is 3. The zero-order valence-corrected chi connectivity index (χ0v) is 17.3. The molecule has 2 rings (SSSR count). The van der Waals surface area contributed by atoms with Gasteiger partial charge in [-0.05, 0) is 17.0 Å². The smallest absolute Gasteiger partial charge is 0.408 e. The van der Waals surface area contributed by atoms with E-state index in [1.807, 2.05) is 74.5 Å². The van der Waals surface area contributed by atoms with Crippen LogP contribution in [0, 0.1) is 5.92 Å². The van der Waals surface area contributed by atoms with Crippen LogP contribution in [0.25, 0.3) is 0 Å². The summed E-state index contributed by atoms with van der Waals surface area (Å²) in [7, 11) is 0. The van der Waals surface area contributed by atoms with Crippen molar-refractivity contribution in [2.45, 2.75) is 45.4 Å². The lowest BCUT2D eigenvalue weighted by Crippen LogP contribution is -2.55. The first-order valence-corrected chi connectivity index (χ1v) is 10.0. The summed E-state index contributed by atoms with van der Waals surface area (Å²) >= 11 is 0. The third kappa shape index (κ3) is 7.24. The van der Waals surface area contributed by atoms with Gasteiger partial charge in [-0.3, -0.25) is 9.59 Å². The van der Waals surface area contributed by atoms with Crippen LogP contribution in [0.15, 0.2) is 60.7 Å². The van der Waals surface area contributed by atoms with Crippen LogP contribution in [0.3, 0.4) is 0 Å². The third-order valence-corrected chi connectivity index (χ3v) is 4.92. The summed E-state index contributed by atoms with van der Waals surface area (Å²) in [5.41, 5.74) is 7.16. The molecule has 0 bridgehead atoms. The number of nitrogens with two attached hydrogens (primary N) is 1. The molecular formula is C23H29N3O4. The quantitative estimate of drug-likeness (QED) is 0.558. The van der Waals surface area contributed by atoms with Crippen molar-refractivity contribution >= 4 is 17.9 Å². The fraction of sp³-hybridized carbons (Fsp3) is 0.348. The van der Waals surface area contributed by atoms with Crippen LogP contribution < -0.4 is 16.4 Å². The Bertz CT molecular complexity index is 827. The van der Waals surface area contributed by atoms with Crippen molar-refractivity contribution in [3.8, 4) is 0 Å². The molecule has 0 aliphatic rings. The molecule has 0 spiro atoms. The zero-order valence-electron chi connectivity index (χ0n) is 17.3. The van der Waals surface area contributed by atoms with E-state index in [9.17, 15) is 14.4 Å². The number of hydrogen-bond donors (Lipinski definition) is 3. The number of benzene rings is 2. The SMILES string of the molecule is CCC(C)C(NC(=O)C(Cc1ccccc1)NC(=O)OCc1ccccc1)C(N)=O. The van der Waals surface area contributed by atoms with Crippen LogP contribution in [0.4, 0.5) is 4.79 Å². The number of alkyl carbamates (subject to hydrolysis) is 1. The van der Waals surface area contributed by atoms with Crippen molar-refractivity contribution in [1.29, 1.82) is 0 Å². The van der Waals surface area contributed by atoms with Crippen LogP contribution in [-0.4, -0.2) is 30.0 Å². The Hall–Kier alpha value is -3.35. The predicted molar refractivity (Wildman–Crippen MR) is 114 cm³/mol. The summed E-state index contributed by atoms with van der Waals surface area (Å²) in [6.07, 6.45) is 0.206. The maximum absolute atomic E-state index is 12.9. The van der Waals surface area contributed by atoms with E-state index in [1.165, 1.54) is 0 Å². The Morgan fingerprint density at radius 3 is 2.03 bits per heavy atom. The molecule has 7 heteroatoms. The van der Waals surface area contributed by atoms with E-state index in [0.29, 0.717) is 6.42 Å². The average molecular weight is 412 g/mol. The molecule has 0 saturated heterocycles. The van der Waals surface area contributed by atoms with Crippen LogP contribution in [0.5, 0.6) is 0 Å². The van der Waals surface area contributed by atoms with Crippen molar-refractivity contribution in [3.05, 3.63) is 71.8 Å². The number of rotatable bonds is 10. The minimum Gasteiger partial charge on any atom is -0.445 e. The van der Waals surface area contributed by atoms with Gasteiger partial charge in [0.1, 0.15) is 18.7 Å². The molecule has 3 amide bonds. The number of amides is 3. The molecule has 0 heterocycles. The molecular weight excluding hydrogens is 382 g/mol. The number of ether oxygens (including phenoxy) is 1. The largest absolute Gasteiger partial charge is 0.445 e. The van der Waals surface area contributed by atoms with Gasteiger partial charge in [0.25, 0.3) is 0 Å². The minimum atomic E-state index is -0.915. The standard InChI is InChI=1S/C23H29N3O4/c1-3-16(2)20(21(24)27)26-22(28)19(14-17-10-6-4-7-11-17)25-23(29)30-15-18-12-8-5-9-13-18/h4-13,16,19-20H,3,14-15H2,1-2H3,(H2,24,27)(H,25,29)(H,26,28). The lowest BCUT2D eigenvalue weighted by atomic mass is 9.97. The Morgan fingerprint density at radius 2 is 1.50 bits per heavy atom. The lowest BCUT2D eigenvalue weighted by Gasteiger charge is -2.25. The highest BCUT2D eigenvalue weighted by Gasteiger charge is 2.29. The van der Waals surface area contributed by atoms with Crippen molar-refractivity contribution in [2.24, 2.45) is 11.7 Å². The van der Waals surface area contributed by atoms with Crippen LogP contribution in [0.2, 0.25) is 0 Å². The highest BCUT2D eigenvalue weighted by Crippen LogP contribution is 2.10. The van der Waals surface area contributed by atoms with E-state index in [-0.39, 0.29) is 18.9 Å². The molecule has 4 N–H and O–H groups in total. The average Bonchev–Trinajstić information content (AvgIpc) is 2.76. The molecule has 0 saturated carbocycles. The molecule has 0 aromatic heterocycles. The summed E-state index contributed by atoms with van der Waals surface area (Å²) in [5.74, 6) is -1.23.